The van der Waals surface area contributed by atoms with Gasteiger partial charge in [-0.1, -0.05) is 63.6 Å². The topological polar surface area (TPSA) is 35.5 Å². The van der Waals surface area contributed by atoms with Crippen molar-refractivity contribution >= 4 is 12.0 Å². The Labute approximate surface area is 134 Å². The van der Waals surface area contributed by atoms with E-state index in [1.807, 2.05) is 24.3 Å². The Morgan fingerprint density at radius 2 is 1.73 bits per heavy atom. The fourth-order valence-corrected chi connectivity index (χ4v) is 2.24. The molecule has 0 spiro atoms. The van der Waals surface area contributed by atoms with Crippen LogP contribution in [0, 0.1) is 0 Å². The summed E-state index contributed by atoms with van der Waals surface area (Å²) >= 11 is 0. The van der Waals surface area contributed by atoms with Gasteiger partial charge in [0.15, 0.2) is 0 Å². The molecule has 3 nitrogen and oxygen atoms in total. The van der Waals surface area contributed by atoms with Crippen molar-refractivity contribution in [1.82, 2.24) is 0 Å². The van der Waals surface area contributed by atoms with Crippen molar-refractivity contribution in [2.24, 2.45) is 0 Å². The van der Waals surface area contributed by atoms with Gasteiger partial charge in [0.25, 0.3) is 0 Å². The molecule has 0 saturated heterocycles. The Morgan fingerprint density at radius 3 is 2.45 bits per heavy atom. The maximum absolute atomic E-state index is 11.6. The summed E-state index contributed by atoms with van der Waals surface area (Å²) in [5, 5.41) is 0. The van der Waals surface area contributed by atoms with Crippen LogP contribution in [-0.4, -0.2) is 19.7 Å². The molecule has 0 unspecified atom stereocenters. The summed E-state index contributed by atoms with van der Waals surface area (Å²) in [6.07, 6.45) is 11.7. The van der Waals surface area contributed by atoms with Crippen molar-refractivity contribution in [3.8, 4) is 5.75 Å². The Hall–Kier alpha value is -1.77. The normalized spacial score (nSPS) is 10.8. The summed E-state index contributed by atoms with van der Waals surface area (Å²) in [4.78, 5) is 11.6. The third-order valence-corrected chi connectivity index (χ3v) is 3.53. The molecule has 0 radical (unpaired) electrons. The van der Waals surface area contributed by atoms with E-state index < -0.39 is 0 Å². The zero-order chi connectivity index (χ0) is 16.0. The summed E-state index contributed by atoms with van der Waals surface area (Å²) in [6, 6.07) is 7.57. The smallest absolute Gasteiger partial charge is 0.330 e. The second kappa shape index (κ2) is 11.8. The molecule has 0 amide bonds. The Bertz CT molecular complexity index is 452. The lowest BCUT2D eigenvalue weighted by atomic mass is 10.1. The molecule has 0 aromatic heterocycles. The van der Waals surface area contributed by atoms with Crippen LogP contribution in [0.25, 0.3) is 6.08 Å². The summed E-state index contributed by atoms with van der Waals surface area (Å²) in [5.41, 5.74) is 0.873. The highest BCUT2D eigenvalue weighted by molar-refractivity contribution is 5.87. The number of carbonyl (C=O) groups excluding carboxylic acids is 1. The van der Waals surface area contributed by atoms with Crippen molar-refractivity contribution in [3.63, 3.8) is 0 Å². The van der Waals surface area contributed by atoms with E-state index in [0.29, 0.717) is 6.61 Å². The highest BCUT2D eigenvalue weighted by Crippen LogP contribution is 2.18. The van der Waals surface area contributed by atoms with E-state index in [4.69, 9.17) is 9.47 Å². The monoisotopic (exact) mass is 304 g/mol. The van der Waals surface area contributed by atoms with E-state index in [9.17, 15) is 4.79 Å². The lowest BCUT2D eigenvalue weighted by Gasteiger charge is -2.04. The van der Waals surface area contributed by atoms with Gasteiger partial charge in [-0.15, -0.1) is 0 Å². The summed E-state index contributed by atoms with van der Waals surface area (Å²) < 4.78 is 10.4. The number of esters is 1. The molecule has 0 atom stereocenters. The molecule has 0 saturated carbocycles. The van der Waals surface area contributed by atoms with Gasteiger partial charge in [0.2, 0.25) is 0 Å². The standard InChI is InChI=1S/C19H28O3/c1-3-4-5-6-7-8-11-16-22-19(20)15-14-17-12-9-10-13-18(17)21-2/h9-10,12-15H,3-8,11,16H2,1-2H3/b15-14+. The first-order chi connectivity index (χ1) is 10.8. The quantitative estimate of drug-likeness (QED) is 0.328. The van der Waals surface area contributed by atoms with Crippen LogP contribution in [0.3, 0.4) is 0 Å². The third kappa shape index (κ3) is 7.87. The lowest BCUT2D eigenvalue weighted by molar-refractivity contribution is -0.137. The molecule has 0 N–H and O–H groups in total. The number of hydrogen-bond acceptors (Lipinski definition) is 3. The number of carbonyl (C=O) groups is 1. The number of ether oxygens (including phenoxy) is 2. The molecule has 0 bridgehead atoms. The van der Waals surface area contributed by atoms with E-state index in [2.05, 4.69) is 6.92 Å². The molecule has 0 aliphatic carbocycles. The number of para-hydroxylation sites is 1. The molecule has 0 aliphatic heterocycles. The minimum Gasteiger partial charge on any atom is -0.496 e. The predicted octanol–water partition coefficient (Wildman–Crippen LogP) is 5.00. The van der Waals surface area contributed by atoms with E-state index in [0.717, 1.165) is 24.2 Å². The van der Waals surface area contributed by atoms with Crippen LogP contribution >= 0.6 is 0 Å². The number of unbranched alkanes of at least 4 members (excludes halogenated alkanes) is 6. The van der Waals surface area contributed by atoms with Crippen LogP contribution in [0.1, 0.15) is 57.4 Å². The van der Waals surface area contributed by atoms with Gasteiger partial charge in [0, 0.05) is 11.6 Å². The molecule has 0 aliphatic rings. The molecular weight excluding hydrogens is 276 g/mol. The second-order valence-corrected chi connectivity index (χ2v) is 5.36. The zero-order valence-corrected chi connectivity index (χ0v) is 13.8. The summed E-state index contributed by atoms with van der Waals surface area (Å²) in [7, 11) is 1.62. The van der Waals surface area contributed by atoms with Gasteiger partial charge in [0.1, 0.15) is 5.75 Å². The maximum atomic E-state index is 11.6. The van der Waals surface area contributed by atoms with Crippen LogP contribution in [0.5, 0.6) is 5.75 Å². The molecule has 3 heteroatoms. The second-order valence-electron chi connectivity index (χ2n) is 5.36. The van der Waals surface area contributed by atoms with E-state index in [1.165, 1.54) is 38.2 Å². The fraction of sp³-hybridized carbons (Fsp3) is 0.526. The van der Waals surface area contributed by atoms with E-state index in [1.54, 1.807) is 13.2 Å². The van der Waals surface area contributed by atoms with Crippen molar-refractivity contribution in [2.45, 2.75) is 51.9 Å². The van der Waals surface area contributed by atoms with Gasteiger partial charge in [0.05, 0.1) is 13.7 Å². The van der Waals surface area contributed by atoms with Crippen LogP contribution in [0.15, 0.2) is 30.3 Å². The third-order valence-electron chi connectivity index (χ3n) is 3.53. The molecule has 1 aromatic carbocycles. The maximum Gasteiger partial charge on any atom is 0.330 e. The average molecular weight is 304 g/mol. The molecule has 1 rings (SSSR count). The minimum absolute atomic E-state index is 0.295. The summed E-state index contributed by atoms with van der Waals surface area (Å²) in [5.74, 6) is 0.454. The van der Waals surface area contributed by atoms with Crippen molar-refractivity contribution < 1.29 is 14.3 Å². The molecule has 0 fully saturated rings. The van der Waals surface area contributed by atoms with E-state index >= 15 is 0 Å². The lowest BCUT2D eigenvalue weighted by Crippen LogP contribution is -2.02. The largest absolute Gasteiger partial charge is 0.496 e. The SMILES string of the molecule is CCCCCCCCCOC(=O)/C=C/c1ccccc1OC. The van der Waals surface area contributed by atoms with Gasteiger partial charge < -0.3 is 9.47 Å². The molecular formula is C19H28O3. The van der Waals surface area contributed by atoms with Gasteiger partial charge in [-0.2, -0.15) is 0 Å². The highest BCUT2D eigenvalue weighted by atomic mass is 16.5. The fourth-order valence-electron chi connectivity index (χ4n) is 2.24. The van der Waals surface area contributed by atoms with Gasteiger partial charge in [-0.25, -0.2) is 4.79 Å². The average Bonchev–Trinajstić information content (AvgIpc) is 2.55. The zero-order valence-electron chi connectivity index (χ0n) is 13.8. The predicted molar refractivity (Wildman–Crippen MR) is 91.0 cm³/mol. The number of hydrogen-bond donors (Lipinski definition) is 0. The Kier molecular flexibility index (Phi) is 9.84. The number of methoxy groups -OCH3 is 1. The van der Waals surface area contributed by atoms with Crippen molar-refractivity contribution in [2.75, 3.05) is 13.7 Å². The minimum atomic E-state index is -0.295. The number of rotatable bonds is 11. The molecule has 22 heavy (non-hydrogen) atoms. The van der Waals surface area contributed by atoms with Crippen LogP contribution in [0.4, 0.5) is 0 Å². The molecule has 122 valence electrons. The first-order valence-electron chi connectivity index (χ1n) is 8.25. The number of benzene rings is 1. The molecule has 1 aromatic rings. The Balaban J connectivity index is 2.17. The molecule has 0 heterocycles. The van der Waals surface area contributed by atoms with E-state index in [-0.39, 0.29) is 5.97 Å². The van der Waals surface area contributed by atoms with Gasteiger partial charge in [-0.3, -0.25) is 0 Å². The first-order valence-corrected chi connectivity index (χ1v) is 8.25. The first kappa shape index (κ1) is 18.3. The highest BCUT2D eigenvalue weighted by Gasteiger charge is 2.00. The van der Waals surface area contributed by atoms with Gasteiger partial charge >= 0.3 is 5.97 Å². The van der Waals surface area contributed by atoms with Crippen LogP contribution in [-0.2, 0) is 9.53 Å². The Morgan fingerprint density at radius 1 is 1.05 bits per heavy atom. The van der Waals surface area contributed by atoms with Crippen LogP contribution in [0.2, 0.25) is 0 Å². The summed E-state index contributed by atoms with van der Waals surface area (Å²) in [6.45, 7) is 2.72. The van der Waals surface area contributed by atoms with Gasteiger partial charge in [-0.05, 0) is 18.6 Å². The van der Waals surface area contributed by atoms with Crippen LogP contribution < -0.4 is 4.74 Å². The van der Waals surface area contributed by atoms with Crippen molar-refractivity contribution in [1.29, 1.82) is 0 Å². The van der Waals surface area contributed by atoms with Crippen molar-refractivity contribution in [3.05, 3.63) is 35.9 Å².